The fraction of sp³-hybridized carbons (Fsp3) is 0.364. The van der Waals surface area contributed by atoms with Crippen LogP contribution in [0.25, 0.3) is 0 Å². The topological polar surface area (TPSA) is 26.3 Å². The highest BCUT2D eigenvalue weighted by Gasteiger charge is 2.11. The van der Waals surface area contributed by atoms with Gasteiger partial charge in [-0.1, -0.05) is 11.6 Å². The van der Waals surface area contributed by atoms with Gasteiger partial charge in [0.05, 0.1) is 13.0 Å². The van der Waals surface area contributed by atoms with Gasteiger partial charge in [0.25, 0.3) is 0 Å². The second-order valence-electron chi connectivity index (χ2n) is 3.17. The van der Waals surface area contributed by atoms with E-state index < -0.39 is 11.8 Å². The van der Waals surface area contributed by atoms with Gasteiger partial charge in [0.2, 0.25) is 0 Å². The first-order valence-electron chi connectivity index (χ1n) is 4.64. The van der Waals surface area contributed by atoms with Crippen molar-refractivity contribution in [1.29, 1.82) is 0 Å². The summed E-state index contributed by atoms with van der Waals surface area (Å²) in [5, 5.41) is 0.454. The zero-order valence-corrected chi connectivity index (χ0v) is 9.40. The van der Waals surface area contributed by atoms with Crippen molar-refractivity contribution < 1.29 is 13.9 Å². The Kier molecular flexibility index (Phi) is 4.09. The van der Waals surface area contributed by atoms with Crippen LogP contribution < -0.4 is 0 Å². The van der Waals surface area contributed by atoms with Crippen LogP contribution in [0.5, 0.6) is 0 Å². The van der Waals surface area contributed by atoms with Crippen molar-refractivity contribution in [1.82, 2.24) is 0 Å². The van der Waals surface area contributed by atoms with Crippen LogP contribution in [0.4, 0.5) is 4.39 Å². The van der Waals surface area contributed by atoms with Crippen molar-refractivity contribution in [3.05, 3.63) is 34.1 Å². The third-order valence-corrected chi connectivity index (χ3v) is 2.37. The van der Waals surface area contributed by atoms with Gasteiger partial charge in [0, 0.05) is 10.6 Å². The molecule has 2 nitrogen and oxygen atoms in total. The van der Waals surface area contributed by atoms with Gasteiger partial charge < -0.3 is 4.74 Å². The maximum Gasteiger partial charge on any atom is 0.310 e. The molecule has 82 valence electrons. The highest BCUT2D eigenvalue weighted by Crippen LogP contribution is 2.20. The number of carbonyl (C=O) groups is 1. The third-order valence-electron chi connectivity index (χ3n) is 1.97. The van der Waals surface area contributed by atoms with Gasteiger partial charge in [0.15, 0.2) is 0 Å². The molecule has 0 aliphatic heterocycles. The number of aryl methyl sites for hydroxylation is 1. The minimum Gasteiger partial charge on any atom is -0.466 e. The van der Waals surface area contributed by atoms with Crippen molar-refractivity contribution in [2.75, 3.05) is 6.61 Å². The monoisotopic (exact) mass is 230 g/mol. The van der Waals surface area contributed by atoms with Crippen LogP contribution in [0.15, 0.2) is 12.1 Å². The molecule has 4 heteroatoms. The number of hydrogen-bond donors (Lipinski definition) is 0. The van der Waals surface area contributed by atoms with Crippen molar-refractivity contribution in [3.63, 3.8) is 0 Å². The maximum absolute atomic E-state index is 13.4. The molecular formula is C11H12ClFO2. The first kappa shape index (κ1) is 12.0. The fourth-order valence-electron chi connectivity index (χ4n) is 1.19. The fourth-order valence-corrected chi connectivity index (χ4v) is 1.38. The Morgan fingerprint density at radius 1 is 1.53 bits per heavy atom. The lowest BCUT2D eigenvalue weighted by Crippen LogP contribution is -2.09. The molecule has 0 aliphatic carbocycles. The van der Waals surface area contributed by atoms with Crippen molar-refractivity contribution in [2.45, 2.75) is 20.3 Å². The van der Waals surface area contributed by atoms with Gasteiger partial charge in [0.1, 0.15) is 5.82 Å². The first-order chi connectivity index (χ1) is 7.04. The zero-order chi connectivity index (χ0) is 11.4. The predicted octanol–water partition coefficient (Wildman–Crippen LogP) is 2.89. The molecule has 0 aliphatic rings. The van der Waals surface area contributed by atoms with Crippen LogP contribution in [-0.2, 0) is 16.0 Å². The summed E-state index contributed by atoms with van der Waals surface area (Å²) in [6.07, 6.45) is -0.0837. The van der Waals surface area contributed by atoms with E-state index in [2.05, 4.69) is 0 Å². The van der Waals surface area contributed by atoms with E-state index in [9.17, 15) is 9.18 Å². The standard InChI is InChI=1S/C11H12ClFO2/c1-3-15-11(14)6-8-5-9(12)7(2)4-10(8)13/h4-5H,3,6H2,1-2H3. The molecular weight excluding hydrogens is 219 g/mol. The number of halogens is 2. The minimum absolute atomic E-state index is 0.0837. The van der Waals surface area contributed by atoms with Crippen molar-refractivity contribution >= 4 is 17.6 Å². The molecule has 0 fully saturated rings. The molecule has 0 saturated heterocycles. The molecule has 1 aromatic carbocycles. The Bertz CT molecular complexity index is 377. The highest BCUT2D eigenvalue weighted by atomic mass is 35.5. The normalized spacial score (nSPS) is 10.1. The van der Waals surface area contributed by atoms with Crippen LogP contribution in [0.2, 0.25) is 5.02 Å². The summed E-state index contributed by atoms with van der Waals surface area (Å²) in [6.45, 7) is 3.70. The van der Waals surface area contributed by atoms with E-state index in [4.69, 9.17) is 16.3 Å². The van der Waals surface area contributed by atoms with Gasteiger partial charge in [-0.05, 0) is 31.5 Å². The summed E-state index contributed by atoms with van der Waals surface area (Å²) in [5.74, 6) is -0.874. The van der Waals surface area contributed by atoms with Gasteiger partial charge >= 0.3 is 5.97 Å². The SMILES string of the molecule is CCOC(=O)Cc1cc(Cl)c(C)cc1F. The smallest absolute Gasteiger partial charge is 0.310 e. The lowest BCUT2D eigenvalue weighted by atomic mass is 10.1. The van der Waals surface area contributed by atoms with E-state index >= 15 is 0 Å². The average molecular weight is 231 g/mol. The molecule has 1 aromatic rings. The number of ether oxygens (including phenoxy) is 1. The van der Waals surface area contributed by atoms with E-state index in [-0.39, 0.29) is 12.0 Å². The molecule has 1 rings (SSSR count). The van der Waals surface area contributed by atoms with Crippen LogP contribution >= 0.6 is 11.6 Å². The quantitative estimate of drug-likeness (QED) is 0.747. The number of rotatable bonds is 3. The van der Waals surface area contributed by atoms with E-state index in [1.165, 1.54) is 12.1 Å². The number of hydrogen-bond acceptors (Lipinski definition) is 2. The summed E-state index contributed by atoms with van der Waals surface area (Å²) < 4.78 is 18.1. The molecule has 0 aromatic heterocycles. The molecule has 0 saturated carbocycles. The lowest BCUT2D eigenvalue weighted by Gasteiger charge is -2.05. The Morgan fingerprint density at radius 3 is 2.80 bits per heavy atom. The lowest BCUT2D eigenvalue weighted by molar-refractivity contribution is -0.142. The maximum atomic E-state index is 13.4. The molecule has 0 amide bonds. The van der Waals surface area contributed by atoms with E-state index in [1.807, 2.05) is 0 Å². The van der Waals surface area contributed by atoms with Crippen LogP contribution in [0, 0.1) is 12.7 Å². The molecule has 0 heterocycles. The minimum atomic E-state index is -0.448. The molecule has 0 spiro atoms. The first-order valence-corrected chi connectivity index (χ1v) is 5.02. The molecule has 15 heavy (non-hydrogen) atoms. The second-order valence-corrected chi connectivity index (χ2v) is 3.58. The Labute approximate surface area is 93.0 Å². The van der Waals surface area contributed by atoms with E-state index in [1.54, 1.807) is 13.8 Å². The summed E-state index contributed by atoms with van der Waals surface area (Å²) >= 11 is 5.83. The molecule has 0 radical (unpaired) electrons. The summed E-state index contributed by atoms with van der Waals surface area (Å²) in [6, 6.07) is 2.78. The molecule has 0 unspecified atom stereocenters. The number of benzene rings is 1. The molecule has 0 atom stereocenters. The zero-order valence-electron chi connectivity index (χ0n) is 8.64. The summed E-state index contributed by atoms with van der Waals surface area (Å²) in [5.41, 5.74) is 0.922. The highest BCUT2D eigenvalue weighted by molar-refractivity contribution is 6.31. The van der Waals surface area contributed by atoms with Crippen LogP contribution in [0.1, 0.15) is 18.1 Å². The number of esters is 1. The third kappa shape index (κ3) is 3.20. The van der Waals surface area contributed by atoms with Gasteiger partial charge in [-0.2, -0.15) is 0 Å². The van der Waals surface area contributed by atoms with Gasteiger partial charge in [-0.25, -0.2) is 4.39 Å². The molecule has 0 N–H and O–H groups in total. The largest absolute Gasteiger partial charge is 0.466 e. The second kappa shape index (κ2) is 5.12. The van der Waals surface area contributed by atoms with E-state index in [0.29, 0.717) is 17.2 Å². The number of carbonyl (C=O) groups excluding carboxylic acids is 1. The summed E-state index contributed by atoms with van der Waals surface area (Å²) in [4.78, 5) is 11.1. The van der Waals surface area contributed by atoms with E-state index in [0.717, 1.165) is 0 Å². The Balaban J connectivity index is 2.86. The van der Waals surface area contributed by atoms with Crippen molar-refractivity contribution in [3.8, 4) is 0 Å². The Morgan fingerprint density at radius 2 is 2.20 bits per heavy atom. The van der Waals surface area contributed by atoms with Crippen LogP contribution in [-0.4, -0.2) is 12.6 Å². The summed E-state index contributed by atoms with van der Waals surface area (Å²) in [7, 11) is 0. The van der Waals surface area contributed by atoms with Gasteiger partial charge in [-0.3, -0.25) is 4.79 Å². The van der Waals surface area contributed by atoms with Crippen molar-refractivity contribution in [2.24, 2.45) is 0 Å². The van der Waals surface area contributed by atoms with Crippen LogP contribution in [0.3, 0.4) is 0 Å². The average Bonchev–Trinajstić information content (AvgIpc) is 2.14. The van der Waals surface area contributed by atoms with Gasteiger partial charge in [-0.15, -0.1) is 0 Å². The predicted molar refractivity (Wildman–Crippen MR) is 56.5 cm³/mol. The molecule has 0 bridgehead atoms. The Hall–Kier alpha value is -1.09.